The smallest absolute Gasteiger partial charge is 0.144 e. The third kappa shape index (κ3) is 5.43. The Hall–Kier alpha value is -3.13. The zero-order valence-corrected chi connectivity index (χ0v) is 25.7. The molecule has 0 aliphatic heterocycles. The largest absolute Gasteiger partial charge is 0.299 e. The Morgan fingerprint density at radius 3 is 2.02 bits per heavy atom. The van der Waals surface area contributed by atoms with E-state index in [4.69, 9.17) is 4.98 Å². The van der Waals surface area contributed by atoms with Crippen molar-refractivity contribution in [1.29, 1.82) is 0 Å². The second-order valence-corrected chi connectivity index (χ2v) is 13.5. The Morgan fingerprint density at radius 1 is 0.707 bits per heavy atom. The van der Waals surface area contributed by atoms with Gasteiger partial charge >= 0.3 is 0 Å². The zero-order valence-electron chi connectivity index (χ0n) is 25.7. The normalized spacial score (nSPS) is 17.3. The summed E-state index contributed by atoms with van der Waals surface area (Å²) < 4.78 is 2.51. The van der Waals surface area contributed by atoms with Crippen LogP contribution in [0.15, 0.2) is 79.1 Å². The van der Waals surface area contributed by atoms with Crippen molar-refractivity contribution >= 4 is 0 Å². The summed E-state index contributed by atoms with van der Waals surface area (Å²) in [5, 5.41) is 0. The molecule has 214 valence electrons. The van der Waals surface area contributed by atoms with Gasteiger partial charge in [0.15, 0.2) is 0 Å². The maximum absolute atomic E-state index is 5.13. The quantitative estimate of drug-likeness (QED) is 0.226. The molecule has 0 atom stereocenters. The van der Waals surface area contributed by atoms with E-state index in [0.717, 1.165) is 5.82 Å². The maximum Gasteiger partial charge on any atom is 0.144 e. The molecule has 2 aliphatic rings. The monoisotopic (exact) mass is 544 g/mol. The van der Waals surface area contributed by atoms with Crippen LogP contribution in [-0.2, 0) is 5.41 Å². The van der Waals surface area contributed by atoms with Crippen molar-refractivity contribution in [3.05, 3.63) is 95.8 Å². The van der Waals surface area contributed by atoms with Gasteiger partial charge in [-0.3, -0.25) is 4.57 Å². The average molecular weight is 545 g/mol. The molecule has 0 radical (unpaired) electrons. The average Bonchev–Trinajstić information content (AvgIpc) is 3.51. The Kier molecular flexibility index (Phi) is 8.20. The predicted molar refractivity (Wildman–Crippen MR) is 174 cm³/mol. The molecular formula is C39H48N2. The summed E-state index contributed by atoms with van der Waals surface area (Å²) in [5.41, 5.74) is 10.0. The minimum atomic E-state index is 0.0393. The first-order valence-electron chi connectivity index (χ1n) is 16.3. The van der Waals surface area contributed by atoms with Crippen LogP contribution in [0.1, 0.15) is 120 Å². The number of benzene rings is 3. The fourth-order valence-electron chi connectivity index (χ4n) is 7.54. The highest BCUT2D eigenvalue weighted by Gasteiger charge is 2.32. The number of imidazole rings is 1. The zero-order chi connectivity index (χ0) is 28.4. The van der Waals surface area contributed by atoms with E-state index in [1.165, 1.54) is 92.1 Å². The molecule has 2 saturated carbocycles. The summed E-state index contributed by atoms with van der Waals surface area (Å²) in [6.45, 7) is 9.46. The van der Waals surface area contributed by atoms with Crippen molar-refractivity contribution in [3.8, 4) is 28.2 Å². The second kappa shape index (κ2) is 12.0. The molecule has 1 aromatic heterocycles. The molecule has 0 bridgehead atoms. The molecule has 0 N–H and O–H groups in total. The van der Waals surface area contributed by atoms with Gasteiger partial charge in [-0.2, -0.15) is 0 Å². The van der Waals surface area contributed by atoms with Gasteiger partial charge in [0.05, 0.1) is 5.69 Å². The van der Waals surface area contributed by atoms with Crippen LogP contribution >= 0.6 is 0 Å². The summed E-state index contributed by atoms with van der Waals surface area (Å²) in [6, 6.07) is 25.1. The van der Waals surface area contributed by atoms with Crippen LogP contribution in [0, 0.1) is 5.92 Å². The summed E-state index contributed by atoms with van der Waals surface area (Å²) in [4.78, 5) is 5.13. The molecule has 2 nitrogen and oxygen atoms in total. The van der Waals surface area contributed by atoms with Crippen LogP contribution in [0.4, 0.5) is 0 Å². The first-order chi connectivity index (χ1) is 20.0. The van der Waals surface area contributed by atoms with Gasteiger partial charge in [-0.05, 0) is 76.7 Å². The fourth-order valence-corrected chi connectivity index (χ4v) is 7.54. The third-order valence-electron chi connectivity index (χ3n) is 10.6. The number of hydrogen-bond donors (Lipinski definition) is 0. The molecule has 0 saturated heterocycles. The Labute approximate surface area is 248 Å². The molecule has 6 rings (SSSR count). The van der Waals surface area contributed by atoms with Crippen molar-refractivity contribution in [3.63, 3.8) is 0 Å². The van der Waals surface area contributed by atoms with Gasteiger partial charge in [-0.1, -0.05) is 133 Å². The van der Waals surface area contributed by atoms with E-state index in [-0.39, 0.29) is 5.41 Å². The molecule has 1 heterocycles. The van der Waals surface area contributed by atoms with Crippen molar-refractivity contribution < 1.29 is 0 Å². The Balaban J connectivity index is 1.63. The lowest BCUT2D eigenvalue weighted by atomic mass is 9.73. The summed E-state index contributed by atoms with van der Waals surface area (Å²) in [7, 11) is 0. The molecule has 0 amide bonds. The first kappa shape index (κ1) is 28.0. The molecule has 2 fully saturated rings. The van der Waals surface area contributed by atoms with E-state index >= 15 is 0 Å². The standard InChI is InChI=1S/C39H48N2/c1-28(2)39(3,4)35-23-15-14-22-34(35)38-40-26-27-41(38)37-33(30-18-10-6-11-19-30)25-24-32(29-16-8-5-9-17-29)36(37)31-20-12-7-13-21-31/h5,8-9,14-17,22-28,30-31H,6-7,10-13,18-21H2,1-4H3. The van der Waals surface area contributed by atoms with Crippen molar-refractivity contribution in [2.75, 3.05) is 0 Å². The van der Waals surface area contributed by atoms with Gasteiger partial charge in [0.1, 0.15) is 5.82 Å². The molecular weight excluding hydrogens is 496 g/mol. The van der Waals surface area contributed by atoms with Crippen LogP contribution < -0.4 is 0 Å². The lowest BCUT2D eigenvalue weighted by Gasteiger charge is -2.34. The van der Waals surface area contributed by atoms with E-state index in [1.54, 1.807) is 11.1 Å². The van der Waals surface area contributed by atoms with E-state index in [2.05, 4.69) is 105 Å². The SMILES string of the molecule is CC(C)C(C)(C)c1ccccc1-c1nccn1-c1c(C2CCCCC2)ccc(-c2ccccc2)c1C1CCCCC1. The topological polar surface area (TPSA) is 17.8 Å². The number of aromatic nitrogens is 2. The van der Waals surface area contributed by atoms with Crippen molar-refractivity contribution in [2.24, 2.45) is 5.92 Å². The molecule has 2 aliphatic carbocycles. The van der Waals surface area contributed by atoms with Gasteiger partial charge < -0.3 is 0 Å². The fraction of sp³-hybridized carbons (Fsp3) is 0.462. The minimum Gasteiger partial charge on any atom is -0.299 e. The van der Waals surface area contributed by atoms with E-state index in [9.17, 15) is 0 Å². The Bertz CT molecular complexity index is 1450. The van der Waals surface area contributed by atoms with Gasteiger partial charge in [0.2, 0.25) is 0 Å². The highest BCUT2D eigenvalue weighted by molar-refractivity contribution is 5.76. The third-order valence-corrected chi connectivity index (χ3v) is 10.6. The van der Waals surface area contributed by atoms with Gasteiger partial charge in [-0.25, -0.2) is 4.98 Å². The number of nitrogens with zero attached hydrogens (tertiary/aromatic N) is 2. The van der Waals surface area contributed by atoms with Crippen molar-refractivity contribution in [1.82, 2.24) is 9.55 Å². The predicted octanol–water partition coefficient (Wildman–Crippen LogP) is 11.2. The first-order valence-corrected chi connectivity index (χ1v) is 16.3. The summed E-state index contributed by atoms with van der Waals surface area (Å²) in [6.07, 6.45) is 17.5. The van der Waals surface area contributed by atoms with Gasteiger partial charge in [0.25, 0.3) is 0 Å². The number of rotatable bonds is 7. The van der Waals surface area contributed by atoms with E-state index in [1.807, 2.05) is 6.20 Å². The minimum absolute atomic E-state index is 0.0393. The molecule has 3 aromatic carbocycles. The van der Waals surface area contributed by atoms with Gasteiger partial charge in [0, 0.05) is 18.0 Å². The summed E-state index contributed by atoms with van der Waals surface area (Å²) >= 11 is 0. The molecule has 0 unspecified atom stereocenters. The van der Waals surface area contributed by atoms with Crippen molar-refractivity contribution in [2.45, 2.75) is 109 Å². The second-order valence-electron chi connectivity index (χ2n) is 13.5. The number of hydrogen-bond acceptors (Lipinski definition) is 1. The summed E-state index contributed by atoms with van der Waals surface area (Å²) in [5.74, 6) is 2.80. The molecule has 0 spiro atoms. The Morgan fingerprint density at radius 2 is 1.34 bits per heavy atom. The highest BCUT2D eigenvalue weighted by Crippen LogP contribution is 2.47. The highest BCUT2D eigenvalue weighted by atomic mass is 15.1. The molecule has 2 heteroatoms. The van der Waals surface area contributed by atoms with E-state index in [0.29, 0.717) is 17.8 Å². The van der Waals surface area contributed by atoms with Crippen LogP contribution in [0.5, 0.6) is 0 Å². The van der Waals surface area contributed by atoms with Gasteiger partial charge in [-0.15, -0.1) is 0 Å². The van der Waals surface area contributed by atoms with Crippen LogP contribution in [0.25, 0.3) is 28.2 Å². The molecule has 4 aromatic rings. The lowest BCUT2D eigenvalue weighted by Crippen LogP contribution is -2.25. The molecule has 41 heavy (non-hydrogen) atoms. The lowest BCUT2D eigenvalue weighted by molar-refractivity contribution is 0.373. The van der Waals surface area contributed by atoms with E-state index < -0.39 is 0 Å². The van der Waals surface area contributed by atoms with Crippen LogP contribution in [-0.4, -0.2) is 9.55 Å². The van der Waals surface area contributed by atoms with Crippen LogP contribution in [0.3, 0.4) is 0 Å². The maximum atomic E-state index is 5.13. The van der Waals surface area contributed by atoms with Crippen LogP contribution in [0.2, 0.25) is 0 Å².